The fourth-order valence-corrected chi connectivity index (χ4v) is 3.36. The number of hydrogen-bond donors (Lipinski definition) is 1. The highest BCUT2D eigenvalue weighted by Crippen LogP contribution is 2.36. The summed E-state index contributed by atoms with van der Waals surface area (Å²) < 4.78 is 0.874. The van der Waals surface area contributed by atoms with Crippen molar-refractivity contribution in [2.45, 2.75) is 19.4 Å². The molecule has 1 aromatic heterocycles. The van der Waals surface area contributed by atoms with Gasteiger partial charge in [-0.15, -0.1) is 10.2 Å². The molecule has 1 heterocycles. The van der Waals surface area contributed by atoms with E-state index in [2.05, 4.69) is 38.4 Å². The highest BCUT2D eigenvalue weighted by molar-refractivity contribution is 9.10. The minimum Gasteiger partial charge on any atom is -0.311 e. The van der Waals surface area contributed by atoms with E-state index in [-0.39, 0.29) is 6.04 Å². The normalized spacial score (nSPS) is 12.7. The third-order valence-corrected chi connectivity index (χ3v) is 5.04. The van der Waals surface area contributed by atoms with Crippen molar-refractivity contribution in [3.8, 4) is 10.6 Å². The van der Waals surface area contributed by atoms with Crippen LogP contribution in [0.2, 0.25) is 5.02 Å². The second kappa shape index (κ2) is 6.10. The molecule has 1 unspecified atom stereocenters. The summed E-state index contributed by atoms with van der Waals surface area (Å²) in [5.41, 5.74) is 0.917. The minimum absolute atomic E-state index is 0.252. The predicted molar refractivity (Wildman–Crippen MR) is 80.1 cm³/mol. The number of halogens is 2. The first kappa shape index (κ1) is 13.9. The van der Waals surface area contributed by atoms with E-state index < -0.39 is 0 Å². The van der Waals surface area contributed by atoms with Crippen LogP contribution in [-0.2, 0) is 0 Å². The molecule has 0 aliphatic carbocycles. The van der Waals surface area contributed by atoms with Crippen LogP contribution in [0.5, 0.6) is 0 Å². The topological polar surface area (TPSA) is 37.8 Å². The molecule has 1 atom stereocenters. The Morgan fingerprint density at radius 2 is 2.22 bits per heavy atom. The third kappa shape index (κ3) is 2.74. The molecule has 0 saturated carbocycles. The maximum absolute atomic E-state index is 6.26. The molecule has 1 aromatic carbocycles. The second-order valence-corrected chi connectivity index (χ2v) is 6.04. The number of nitrogens with one attached hydrogen (secondary N) is 1. The molecule has 0 saturated heterocycles. The summed E-state index contributed by atoms with van der Waals surface area (Å²) in [6.45, 7) is 2.12. The van der Waals surface area contributed by atoms with E-state index in [1.54, 1.807) is 11.3 Å². The quantitative estimate of drug-likeness (QED) is 0.897. The van der Waals surface area contributed by atoms with Crippen molar-refractivity contribution in [1.29, 1.82) is 0 Å². The molecule has 2 aromatic rings. The van der Waals surface area contributed by atoms with E-state index in [0.717, 1.165) is 26.5 Å². The fraction of sp³-hybridized carbons (Fsp3) is 0.333. The summed E-state index contributed by atoms with van der Waals surface area (Å²) >= 11 is 11.3. The zero-order valence-electron chi connectivity index (χ0n) is 10.1. The van der Waals surface area contributed by atoms with Gasteiger partial charge in [-0.25, -0.2) is 0 Å². The molecule has 18 heavy (non-hydrogen) atoms. The van der Waals surface area contributed by atoms with Crippen LogP contribution in [-0.4, -0.2) is 17.2 Å². The van der Waals surface area contributed by atoms with Crippen LogP contribution in [0.3, 0.4) is 0 Å². The van der Waals surface area contributed by atoms with Gasteiger partial charge in [0.25, 0.3) is 0 Å². The van der Waals surface area contributed by atoms with Crippen LogP contribution < -0.4 is 5.32 Å². The molecule has 96 valence electrons. The smallest absolute Gasteiger partial charge is 0.149 e. The van der Waals surface area contributed by atoms with Gasteiger partial charge in [0.15, 0.2) is 0 Å². The summed E-state index contributed by atoms with van der Waals surface area (Å²) in [7, 11) is 1.93. The van der Waals surface area contributed by atoms with Gasteiger partial charge in [0.05, 0.1) is 11.1 Å². The summed E-state index contributed by atoms with van der Waals surface area (Å²) in [5.74, 6) is 0. The standard InChI is InChI=1S/C12H13BrClN3S/c1-3-9(15-2)12-17-16-11(18-12)7-5-4-6-8(13)10(7)14/h4-6,9,15H,3H2,1-2H3. The van der Waals surface area contributed by atoms with Gasteiger partial charge < -0.3 is 5.32 Å². The van der Waals surface area contributed by atoms with E-state index in [0.29, 0.717) is 5.02 Å². The summed E-state index contributed by atoms with van der Waals surface area (Å²) in [5, 5.41) is 14.2. The Hall–Kier alpha value is -0.490. The van der Waals surface area contributed by atoms with Crippen LogP contribution in [0.1, 0.15) is 24.4 Å². The van der Waals surface area contributed by atoms with Gasteiger partial charge in [0.1, 0.15) is 10.0 Å². The predicted octanol–water partition coefficient (Wildman–Crippen LogP) is 4.29. The van der Waals surface area contributed by atoms with Crippen molar-refractivity contribution in [1.82, 2.24) is 15.5 Å². The van der Waals surface area contributed by atoms with Gasteiger partial charge in [0.2, 0.25) is 0 Å². The van der Waals surface area contributed by atoms with E-state index in [4.69, 9.17) is 11.6 Å². The van der Waals surface area contributed by atoms with Gasteiger partial charge in [-0.3, -0.25) is 0 Å². The number of rotatable bonds is 4. The van der Waals surface area contributed by atoms with Crippen LogP contribution in [0.25, 0.3) is 10.6 Å². The first-order chi connectivity index (χ1) is 8.67. The van der Waals surface area contributed by atoms with Gasteiger partial charge in [-0.1, -0.05) is 42.0 Å². The molecule has 0 aliphatic heterocycles. The molecular weight excluding hydrogens is 334 g/mol. The second-order valence-electron chi connectivity index (χ2n) is 3.80. The SMILES string of the molecule is CCC(NC)c1nnc(-c2cccc(Br)c2Cl)s1. The lowest BCUT2D eigenvalue weighted by atomic mass is 10.2. The van der Waals surface area contributed by atoms with Gasteiger partial charge in [-0.05, 0) is 35.5 Å². The number of hydrogen-bond acceptors (Lipinski definition) is 4. The number of nitrogens with zero attached hydrogens (tertiary/aromatic N) is 2. The van der Waals surface area contributed by atoms with Gasteiger partial charge >= 0.3 is 0 Å². The Labute approximate surface area is 124 Å². The average Bonchev–Trinajstić information content (AvgIpc) is 2.84. The molecular formula is C12H13BrClN3S. The number of aromatic nitrogens is 2. The molecule has 0 fully saturated rings. The lowest BCUT2D eigenvalue weighted by Crippen LogP contribution is -2.14. The van der Waals surface area contributed by atoms with Crippen molar-refractivity contribution in [3.05, 3.63) is 32.7 Å². The Morgan fingerprint density at radius 3 is 2.89 bits per heavy atom. The third-order valence-electron chi connectivity index (χ3n) is 2.68. The summed E-state index contributed by atoms with van der Waals surface area (Å²) in [6.07, 6.45) is 0.983. The highest BCUT2D eigenvalue weighted by Gasteiger charge is 2.16. The molecule has 1 N–H and O–H groups in total. The first-order valence-electron chi connectivity index (χ1n) is 5.62. The molecule has 0 aliphatic rings. The van der Waals surface area contributed by atoms with Crippen molar-refractivity contribution < 1.29 is 0 Å². The van der Waals surface area contributed by atoms with Crippen LogP contribution in [0.15, 0.2) is 22.7 Å². The zero-order chi connectivity index (χ0) is 13.1. The molecule has 3 nitrogen and oxygen atoms in total. The molecule has 0 amide bonds. The molecule has 6 heteroatoms. The van der Waals surface area contributed by atoms with Crippen molar-refractivity contribution in [3.63, 3.8) is 0 Å². The molecule has 0 bridgehead atoms. The van der Waals surface area contributed by atoms with E-state index in [1.165, 1.54) is 0 Å². The van der Waals surface area contributed by atoms with Crippen molar-refractivity contribution in [2.24, 2.45) is 0 Å². The number of benzene rings is 1. The molecule has 2 rings (SSSR count). The lowest BCUT2D eigenvalue weighted by molar-refractivity contribution is 0.568. The van der Waals surface area contributed by atoms with Crippen LogP contribution in [0.4, 0.5) is 0 Å². The highest BCUT2D eigenvalue weighted by atomic mass is 79.9. The molecule has 0 spiro atoms. The summed E-state index contributed by atoms with van der Waals surface area (Å²) in [6, 6.07) is 6.07. The maximum atomic E-state index is 6.26. The Bertz CT molecular complexity index is 540. The molecule has 0 radical (unpaired) electrons. The average molecular weight is 347 g/mol. The van der Waals surface area contributed by atoms with Crippen LogP contribution >= 0.6 is 38.9 Å². The zero-order valence-corrected chi connectivity index (χ0v) is 13.2. The Balaban J connectivity index is 2.38. The van der Waals surface area contributed by atoms with Crippen molar-refractivity contribution in [2.75, 3.05) is 7.05 Å². The van der Waals surface area contributed by atoms with E-state index in [9.17, 15) is 0 Å². The monoisotopic (exact) mass is 345 g/mol. The fourth-order valence-electron chi connectivity index (χ4n) is 1.66. The minimum atomic E-state index is 0.252. The van der Waals surface area contributed by atoms with Crippen molar-refractivity contribution >= 4 is 38.9 Å². The first-order valence-corrected chi connectivity index (χ1v) is 7.61. The maximum Gasteiger partial charge on any atom is 0.149 e. The summed E-state index contributed by atoms with van der Waals surface area (Å²) in [4.78, 5) is 0. The van der Waals surface area contributed by atoms with Gasteiger partial charge in [0, 0.05) is 10.0 Å². The Kier molecular flexibility index (Phi) is 4.72. The van der Waals surface area contributed by atoms with Gasteiger partial charge in [-0.2, -0.15) is 0 Å². The lowest BCUT2D eigenvalue weighted by Gasteiger charge is -2.08. The van der Waals surface area contributed by atoms with E-state index in [1.807, 2.05) is 25.2 Å². The largest absolute Gasteiger partial charge is 0.311 e. The van der Waals surface area contributed by atoms with E-state index >= 15 is 0 Å². The van der Waals surface area contributed by atoms with Crippen LogP contribution in [0, 0.1) is 0 Å². The Morgan fingerprint density at radius 1 is 1.44 bits per heavy atom.